The van der Waals surface area contributed by atoms with E-state index < -0.39 is 10.0 Å². The fourth-order valence-corrected chi connectivity index (χ4v) is 4.09. The molecule has 1 fully saturated rings. The number of benzene rings is 1. The minimum Gasteiger partial charge on any atom is -0.486 e. The van der Waals surface area contributed by atoms with Crippen molar-refractivity contribution in [2.24, 2.45) is 5.92 Å². The molecule has 1 saturated carbocycles. The van der Waals surface area contributed by atoms with Crippen molar-refractivity contribution in [2.45, 2.75) is 37.1 Å². The first-order chi connectivity index (χ1) is 9.54. The van der Waals surface area contributed by atoms with E-state index in [0.717, 1.165) is 19.3 Å². The van der Waals surface area contributed by atoms with E-state index in [0.29, 0.717) is 30.6 Å². The van der Waals surface area contributed by atoms with Crippen LogP contribution < -0.4 is 14.2 Å². The van der Waals surface area contributed by atoms with Gasteiger partial charge in [0.15, 0.2) is 11.5 Å². The second-order valence-corrected chi connectivity index (χ2v) is 7.26. The lowest BCUT2D eigenvalue weighted by Gasteiger charge is -2.19. The van der Waals surface area contributed by atoms with Crippen molar-refractivity contribution in [3.63, 3.8) is 0 Å². The number of ether oxygens (including phenoxy) is 2. The summed E-state index contributed by atoms with van der Waals surface area (Å²) in [5.41, 5.74) is 0. The molecule has 0 aromatic heterocycles. The van der Waals surface area contributed by atoms with E-state index in [1.165, 1.54) is 6.07 Å². The average molecular weight is 297 g/mol. The van der Waals surface area contributed by atoms with Gasteiger partial charge in [0.25, 0.3) is 0 Å². The van der Waals surface area contributed by atoms with Crippen LogP contribution in [0.5, 0.6) is 11.5 Å². The molecule has 1 aliphatic carbocycles. The Morgan fingerprint density at radius 2 is 1.90 bits per heavy atom. The first-order valence-electron chi connectivity index (χ1n) is 6.96. The van der Waals surface area contributed by atoms with Gasteiger partial charge in [-0.2, -0.15) is 0 Å². The summed E-state index contributed by atoms with van der Waals surface area (Å²) in [6.45, 7) is 3.10. The highest BCUT2D eigenvalue weighted by Gasteiger charge is 2.27. The Hall–Kier alpha value is -1.27. The normalized spacial score (nSPS) is 25.6. The molecule has 1 aliphatic heterocycles. The van der Waals surface area contributed by atoms with Gasteiger partial charge in [-0.15, -0.1) is 0 Å². The van der Waals surface area contributed by atoms with Crippen LogP contribution in [0.1, 0.15) is 26.2 Å². The van der Waals surface area contributed by atoms with Crippen molar-refractivity contribution in [2.75, 3.05) is 13.2 Å². The number of fused-ring (bicyclic) bond motifs is 1. The highest BCUT2D eigenvalue weighted by atomic mass is 32.2. The van der Waals surface area contributed by atoms with E-state index in [4.69, 9.17) is 9.47 Å². The van der Waals surface area contributed by atoms with E-state index in [-0.39, 0.29) is 10.9 Å². The van der Waals surface area contributed by atoms with Crippen molar-refractivity contribution in [3.8, 4) is 11.5 Å². The van der Waals surface area contributed by atoms with Crippen LogP contribution >= 0.6 is 0 Å². The number of sulfonamides is 1. The van der Waals surface area contributed by atoms with Crippen LogP contribution in [0.4, 0.5) is 0 Å². The van der Waals surface area contributed by atoms with Crippen LogP contribution in [-0.4, -0.2) is 27.7 Å². The van der Waals surface area contributed by atoms with Crippen LogP contribution in [0.25, 0.3) is 0 Å². The Bertz CT molecular complexity index is 599. The molecule has 1 N–H and O–H groups in total. The van der Waals surface area contributed by atoms with Crippen molar-refractivity contribution in [3.05, 3.63) is 18.2 Å². The Morgan fingerprint density at radius 1 is 1.15 bits per heavy atom. The molecule has 0 radical (unpaired) electrons. The Labute approximate surface area is 119 Å². The van der Waals surface area contributed by atoms with Crippen LogP contribution in [0.15, 0.2) is 23.1 Å². The van der Waals surface area contributed by atoms with Crippen molar-refractivity contribution >= 4 is 10.0 Å². The van der Waals surface area contributed by atoms with Crippen LogP contribution in [-0.2, 0) is 10.0 Å². The van der Waals surface area contributed by atoms with Gasteiger partial charge in [0.1, 0.15) is 13.2 Å². The summed E-state index contributed by atoms with van der Waals surface area (Å²) in [6.07, 6.45) is 2.89. The number of rotatable bonds is 3. The van der Waals surface area contributed by atoms with Gasteiger partial charge in [-0.25, -0.2) is 13.1 Å². The van der Waals surface area contributed by atoms with Gasteiger partial charge in [0, 0.05) is 12.1 Å². The van der Waals surface area contributed by atoms with Gasteiger partial charge < -0.3 is 9.47 Å². The molecule has 3 rings (SSSR count). The summed E-state index contributed by atoms with van der Waals surface area (Å²) in [7, 11) is -3.49. The van der Waals surface area contributed by atoms with E-state index in [9.17, 15) is 8.42 Å². The van der Waals surface area contributed by atoms with Gasteiger partial charge in [-0.1, -0.05) is 6.92 Å². The minimum absolute atomic E-state index is 0.0446. The largest absolute Gasteiger partial charge is 0.486 e. The molecular weight excluding hydrogens is 278 g/mol. The fraction of sp³-hybridized carbons (Fsp3) is 0.571. The molecule has 1 aromatic rings. The summed E-state index contributed by atoms with van der Waals surface area (Å²) in [5.74, 6) is 1.69. The third kappa shape index (κ3) is 2.76. The lowest BCUT2D eigenvalue weighted by molar-refractivity contribution is 0.171. The monoisotopic (exact) mass is 297 g/mol. The molecule has 0 amide bonds. The molecule has 6 heteroatoms. The highest BCUT2D eigenvalue weighted by molar-refractivity contribution is 7.89. The fourth-order valence-electron chi connectivity index (χ4n) is 2.79. The topological polar surface area (TPSA) is 64.6 Å². The number of nitrogens with one attached hydrogen (secondary N) is 1. The maximum Gasteiger partial charge on any atom is 0.240 e. The first-order valence-corrected chi connectivity index (χ1v) is 8.45. The lowest BCUT2D eigenvalue weighted by atomic mass is 10.1. The predicted octanol–water partition coefficient (Wildman–Crippen LogP) is 1.92. The van der Waals surface area contributed by atoms with Gasteiger partial charge >= 0.3 is 0 Å². The van der Waals surface area contributed by atoms with Crippen molar-refractivity contribution in [1.29, 1.82) is 0 Å². The SMILES string of the molecule is CC1CCC(NS(=O)(=O)c2ccc3c(c2)OCCO3)C1. The molecule has 110 valence electrons. The molecule has 0 bridgehead atoms. The van der Waals surface area contributed by atoms with Gasteiger partial charge in [-0.05, 0) is 37.3 Å². The maximum absolute atomic E-state index is 12.4. The summed E-state index contributed by atoms with van der Waals surface area (Å²) < 4.78 is 38.4. The van der Waals surface area contributed by atoms with Gasteiger partial charge in [0.2, 0.25) is 10.0 Å². The van der Waals surface area contributed by atoms with Crippen molar-refractivity contribution < 1.29 is 17.9 Å². The van der Waals surface area contributed by atoms with Gasteiger partial charge in [0.05, 0.1) is 4.90 Å². The smallest absolute Gasteiger partial charge is 0.240 e. The summed E-state index contributed by atoms with van der Waals surface area (Å²) in [4.78, 5) is 0.237. The zero-order valence-corrected chi connectivity index (χ0v) is 12.3. The summed E-state index contributed by atoms with van der Waals surface area (Å²) in [6, 6.07) is 4.80. The van der Waals surface area contributed by atoms with E-state index in [1.807, 2.05) is 0 Å². The Kier molecular flexibility index (Phi) is 3.60. The highest BCUT2D eigenvalue weighted by Crippen LogP contribution is 2.33. The predicted molar refractivity (Wildman–Crippen MR) is 74.6 cm³/mol. The molecule has 0 saturated heterocycles. The molecule has 2 unspecified atom stereocenters. The third-order valence-electron chi connectivity index (χ3n) is 3.84. The standard InChI is InChI=1S/C14H19NO4S/c1-10-2-3-11(8-10)15-20(16,17)12-4-5-13-14(9-12)19-7-6-18-13/h4-5,9-11,15H,2-3,6-8H2,1H3. The Morgan fingerprint density at radius 3 is 2.60 bits per heavy atom. The second kappa shape index (κ2) is 5.26. The number of hydrogen-bond acceptors (Lipinski definition) is 4. The second-order valence-electron chi connectivity index (χ2n) is 5.54. The van der Waals surface area contributed by atoms with Crippen LogP contribution in [0.2, 0.25) is 0 Å². The van der Waals surface area contributed by atoms with E-state index in [1.54, 1.807) is 12.1 Å². The van der Waals surface area contributed by atoms with E-state index in [2.05, 4.69) is 11.6 Å². The third-order valence-corrected chi connectivity index (χ3v) is 5.36. The molecule has 0 spiro atoms. The molecule has 20 heavy (non-hydrogen) atoms. The lowest BCUT2D eigenvalue weighted by Crippen LogP contribution is -2.33. The van der Waals surface area contributed by atoms with Crippen LogP contribution in [0, 0.1) is 5.92 Å². The molecule has 1 aromatic carbocycles. The quantitative estimate of drug-likeness (QED) is 0.926. The minimum atomic E-state index is -3.49. The number of hydrogen-bond donors (Lipinski definition) is 1. The summed E-state index contributed by atoms with van der Waals surface area (Å²) in [5, 5.41) is 0. The zero-order valence-electron chi connectivity index (χ0n) is 11.5. The average Bonchev–Trinajstić information content (AvgIpc) is 2.83. The zero-order chi connectivity index (χ0) is 14.2. The maximum atomic E-state index is 12.4. The molecule has 2 atom stereocenters. The Balaban J connectivity index is 1.80. The van der Waals surface area contributed by atoms with Crippen LogP contribution in [0.3, 0.4) is 0 Å². The summed E-state index contributed by atoms with van der Waals surface area (Å²) >= 11 is 0. The molecule has 1 heterocycles. The molecule has 5 nitrogen and oxygen atoms in total. The van der Waals surface area contributed by atoms with Gasteiger partial charge in [-0.3, -0.25) is 0 Å². The van der Waals surface area contributed by atoms with E-state index >= 15 is 0 Å². The molecule has 2 aliphatic rings. The first kappa shape index (κ1) is 13.7. The van der Waals surface area contributed by atoms with Crippen molar-refractivity contribution in [1.82, 2.24) is 4.72 Å². The molecular formula is C14H19NO4S.